The van der Waals surface area contributed by atoms with E-state index in [0.29, 0.717) is 15.9 Å². The van der Waals surface area contributed by atoms with Crippen molar-refractivity contribution in [2.24, 2.45) is 5.73 Å². The van der Waals surface area contributed by atoms with Crippen molar-refractivity contribution in [3.63, 3.8) is 0 Å². The minimum absolute atomic E-state index is 0.124. The van der Waals surface area contributed by atoms with Crippen LogP contribution in [0.15, 0.2) is 33.9 Å². The van der Waals surface area contributed by atoms with Gasteiger partial charge in [-0.15, -0.1) is 0 Å². The monoisotopic (exact) mass is 316 g/mol. The van der Waals surface area contributed by atoms with Crippen LogP contribution in [-0.2, 0) is 4.74 Å². The second kappa shape index (κ2) is 5.75. The lowest BCUT2D eigenvalue weighted by molar-refractivity contribution is 0.327. The lowest BCUT2D eigenvalue weighted by Gasteiger charge is -2.08. The lowest BCUT2D eigenvalue weighted by atomic mass is 10.1. The second-order valence-corrected chi connectivity index (χ2v) is 3.93. The van der Waals surface area contributed by atoms with Crippen LogP contribution < -0.4 is 5.73 Å². The standard InChI is InChI=1S/C11H13IN2O/c1-2-15-11(14)9(12)10(13)8-6-4-3-5-7-8/h3-7,14H,2,13H2,1H3/b10-9+,14-11?. The van der Waals surface area contributed by atoms with Crippen LogP contribution in [0.4, 0.5) is 0 Å². The Morgan fingerprint density at radius 1 is 1.40 bits per heavy atom. The molecule has 0 aliphatic rings. The zero-order valence-electron chi connectivity index (χ0n) is 8.46. The number of halogens is 1. The third-order valence-corrected chi connectivity index (χ3v) is 2.88. The van der Waals surface area contributed by atoms with Crippen LogP contribution in [0, 0.1) is 5.41 Å². The predicted molar refractivity (Wildman–Crippen MR) is 70.9 cm³/mol. The van der Waals surface area contributed by atoms with Crippen molar-refractivity contribution in [3.05, 3.63) is 39.5 Å². The summed E-state index contributed by atoms with van der Waals surface area (Å²) in [6, 6.07) is 9.57. The Morgan fingerprint density at radius 3 is 2.53 bits per heavy atom. The third kappa shape index (κ3) is 3.23. The molecule has 0 bridgehead atoms. The van der Waals surface area contributed by atoms with Crippen molar-refractivity contribution < 1.29 is 4.74 Å². The van der Waals surface area contributed by atoms with E-state index in [2.05, 4.69) is 0 Å². The van der Waals surface area contributed by atoms with E-state index >= 15 is 0 Å². The van der Waals surface area contributed by atoms with Gasteiger partial charge in [0.15, 0.2) is 0 Å². The van der Waals surface area contributed by atoms with Gasteiger partial charge in [0.25, 0.3) is 0 Å². The molecule has 0 saturated heterocycles. The number of hydrogen-bond acceptors (Lipinski definition) is 3. The van der Waals surface area contributed by atoms with E-state index < -0.39 is 0 Å². The van der Waals surface area contributed by atoms with E-state index in [4.69, 9.17) is 15.9 Å². The van der Waals surface area contributed by atoms with Crippen LogP contribution in [0.3, 0.4) is 0 Å². The first-order valence-electron chi connectivity index (χ1n) is 4.59. The van der Waals surface area contributed by atoms with Crippen LogP contribution in [0.5, 0.6) is 0 Å². The van der Waals surface area contributed by atoms with Gasteiger partial charge < -0.3 is 10.5 Å². The van der Waals surface area contributed by atoms with Gasteiger partial charge in [0.2, 0.25) is 5.90 Å². The second-order valence-electron chi connectivity index (χ2n) is 2.86. The summed E-state index contributed by atoms with van der Waals surface area (Å²) in [7, 11) is 0. The first-order chi connectivity index (χ1) is 7.16. The van der Waals surface area contributed by atoms with Crippen molar-refractivity contribution in [1.29, 1.82) is 5.41 Å². The maximum absolute atomic E-state index is 7.61. The average molecular weight is 316 g/mol. The van der Waals surface area contributed by atoms with E-state index in [1.807, 2.05) is 59.8 Å². The van der Waals surface area contributed by atoms with Crippen LogP contribution in [0.2, 0.25) is 0 Å². The molecule has 0 saturated carbocycles. The van der Waals surface area contributed by atoms with Crippen molar-refractivity contribution in [3.8, 4) is 0 Å². The Labute approximate surface area is 103 Å². The van der Waals surface area contributed by atoms with Gasteiger partial charge in [0.05, 0.1) is 15.9 Å². The molecule has 0 unspecified atom stereocenters. The topological polar surface area (TPSA) is 59.1 Å². The predicted octanol–water partition coefficient (Wildman–Crippen LogP) is 2.76. The average Bonchev–Trinajstić information content (AvgIpc) is 2.28. The van der Waals surface area contributed by atoms with E-state index in [1.54, 1.807) is 0 Å². The number of rotatable bonds is 3. The number of hydrogen-bond donors (Lipinski definition) is 2. The van der Waals surface area contributed by atoms with Crippen LogP contribution in [-0.4, -0.2) is 12.5 Å². The molecule has 0 atom stereocenters. The number of ether oxygens (including phenoxy) is 1. The molecular weight excluding hydrogens is 303 g/mol. The Morgan fingerprint density at radius 2 is 2.00 bits per heavy atom. The zero-order chi connectivity index (χ0) is 11.3. The van der Waals surface area contributed by atoms with E-state index in [1.165, 1.54) is 0 Å². The fraction of sp³-hybridized carbons (Fsp3) is 0.182. The van der Waals surface area contributed by atoms with Crippen molar-refractivity contribution in [2.75, 3.05) is 6.61 Å². The first-order valence-corrected chi connectivity index (χ1v) is 5.67. The van der Waals surface area contributed by atoms with Crippen LogP contribution in [0.1, 0.15) is 12.5 Å². The van der Waals surface area contributed by atoms with Crippen molar-refractivity contribution >= 4 is 34.2 Å². The summed E-state index contributed by atoms with van der Waals surface area (Å²) in [5, 5.41) is 7.61. The van der Waals surface area contributed by atoms with E-state index in [9.17, 15) is 0 Å². The largest absolute Gasteiger partial charge is 0.478 e. The number of nitrogens with two attached hydrogens (primary N) is 1. The van der Waals surface area contributed by atoms with E-state index in [-0.39, 0.29) is 5.90 Å². The van der Waals surface area contributed by atoms with Gasteiger partial charge in [-0.25, -0.2) is 0 Å². The van der Waals surface area contributed by atoms with Crippen LogP contribution in [0.25, 0.3) is 5.70 Å². The van der Waals surface area contributed by atoms with Gasteiger partial charge in [0, 0.05) is 0 Å². The summed E-state index contributed by atoms with van der Waals surface area (Å²) < 4.78 is 5.72. The molecule has 15 heavy (non-hydrogen) atoms. The van der Waals surface area contributed by atoms with Gasteiger partial charge in [0.1, 0.15) is 0 Å². The molecule has 1 aromatic carbocycles. The maximum atomic E-state index is 7.61. The first kappa shape index (κ1) is 12.0. The molecule has 0 fully saturated rings. The fourth-order valence-electron chi connectivity index (χ4n) is 1.07. The molecule has 4 heteroatoms. The molecule has 0 amide bonds. The molecule has 0 aromatic heterocycles. The summed E-state index contributed by atoms with van der Waals surface area (Å²) in [4.78, 5) is 0. The molecule has 1 aromatic rings. The molecule has 0 spiro atoms. The summed E-state index contributed by atoms with van der Waals surface area (Å²) in [6.45, 7) is 2.32. The summed E-state index contributed by atoms with van der Waals surface area (Å²) >= 11 is 2.03. The number of nitrogens with one attached hydrogen (secondary N) is 1. The normalized spacial score (nSPS) is 11.9. The highest BCUT2D eigenvalue weighted by molar-refractivity contribution is 14.1. The molecule has 0 radical (unpaired) electrons. The smallest absolute Gasteiger partial charge is 0.221 e. The zero-order valence-corrected chi connectivity index (χ0v) is 10.6. The highest BCUT2D eigenvalue weighted by Crippen LogP contribution is 2.19. The molecule has 3 nitrogen and oxygen atoms in total. The maximum Gasteiger partial charge on any atom is 0.221 e. The van der Waals surface area contributed by atoms with E-state index in [0.717, 1.165) is 5.56 Å². The van der Waals surface area contributed by atoms with Gasteiger partial charge in [-0.3, -0.25) is 5.41 Å². The SMILES string of the molecule is CCOC(=N)/C(I)=C(\N)c1ccccc1. The molecule has 80 valence electrons. The summed E-state index contributed by atoms with van der Waals surface area (Å²) in [6.07, 6.45) is 0. The number of benzene rings is 1. The quantitative estimate of drug-likeness (QED) is 0.512. The Kier molecular flexibility index (Phi) is 4.61. The van der Waals surface area contributed by atoms with Crippen molar-refractivity contribution in [1.82, 2.24) is 0 Å². The Hall–Kier alpha value is -1.04. The van der Waals surface area contributed by atoms with Gasteiger partial charge >= 0.3 is 0 Å². The molecule has 3 N–H and O–H groups in total. The van der Waals surface area contributed by atoms with Gasteiger partial charge in [-0.1, -0.05) is 30.3 Å². The molecule has 0 aliphatic heterocycles. The fourth-order valence-corrected chi connectivity index (χ4v) is 1.54. The Bertz CT molecular complexity index is 373. The highest BCUT2D eigenvalue weighted by atomic mass is 127. The van der Waals surface area contributed by atoms with Crippen LogP contribution >= 0.6 is 22.6 Å². The lowest BCUT2D eigenvalue weighted by Crippen LogP contribution is -2.08. The highest BCUT2D eigenvalue weighted by Gasteiger charge is 2.08. The summed E-state index contributed by atoms with van der Waals surface area (Å²) in [5.74, 6) is 0.124. The van der Waals surface area contributed by atoms with Gasteiger partial charge in [-0.2, -0.15) is 0 Å². The molecule has 0 heterocycles. The summed E-state index contributed by atoms with van der Waals surface area (Å²) in [5.41, 5.74) is 7.41. The van der Waals surface area contributed by atoms with Gasteiger partial charge in [-0.05, 0) is 35.1 Å². The Balaban J connectivity index is 2.95. The molecule has 0 aliphatic carbocycles. The third-order valence-electron chi connectivity index (χ3n) is 1.81. The molecular formula is C11H13IN2O. The minimum atomic E-state index is 0.124. The molecule has 1 rings (SSSR count). The van der Waals surface area contributed by atoms with Crippen molar-refractivity contribution in [2.45, 2.75) is 6.92 Å². The minimum Gasteiger partial charge on any atom is -0.478 e.